The number of methoxy groups -OCH3 is 2. The summed E-state index contributed by atoms with van der Waals surface area (Å²) in [6, 6.07) is 6.81. The molecular formula is C16H24N2O2. The quantitative estimate of drug-likeness (QED) is 0.910. The van der Waals surface area contributed by atoms with E-state index in [0.717, 1.165) is 30.5 Å². The molecule has 2 saturated heterocycles. The third kappa shape index (κ3) is 2.63. The summed E-state index contributed by atoms with van der Waals surface area (Å²) < 4.78 is 10.9. The molecule has 0 bridgehead atoms. The van der Waals surface area contributed by atoms with Crippen LogP contribution in [0.1, 0.15) is 18.4 Å². The van der Waals surface area contributed by atoms with Crippen molar-refractivity contribution >= 4 is 0 Å². The zero-order chi connectivity index (χ0) is 13.9. The van der Waals surface area contributed by atoms with Gasteiger partial charge in [-0.3, -0.25) is 4.90 Å². The number of nitrogens with zero attached hydrogens (tertiary/aromatic N) is 1. The van der Waals surface area contributed by atoms with Gasteiger partial charge in [-0.25, -0.2) is 0 Å². The number of benzene rings is 1. The Morgan fingerprint density at radius 3 is 2.90 bits per heavy atom. The van der Waals surface area contributed by atoms with Gasteiger partial charge in [0, 0.05) is 31.2 Å². The summed E-state index contributed by atoms with van der Waals surface area (Å²) in [4.78, 5) is 2.53. The van der Waals surface area contributed by atoms with Crippen LogP contribution >= 0.6 is 0 Å². The van der Waals surface area contributed by atoms with E-state index >= 15 is 0 Å². The van der Waals surface area contributed by atoms with Crippen molar-refractivity contribution in [3.63, 3.8) is 0 Å². The maximum atomic E-state index is 5.53. The van der Waals surface area contributed by atoms with E-state index in [0.29, 0.717) is 6.04 Å². The van der Waals surface area contributed by atoms with E-state index in [9.17, 15) is 0 Å². The van der Waals surface area contributed by atoms with Crippen LogP contribution in [0, 0.1) is 5.92 Å². The number of rotatable bonds is 4. The molecule has 1 aromatic carbocycles. The highest BCUT2D eigenvalue weighted by Crippen LogP contribution is 2.33. The lowest BCUT2D eigenvalue weighted by molar-refractivity contribution is 0.300. The molecule has 1 N–H and O–H groups in total. The number of piperidine rings is 1. The minimum Gasteiger partial charge on any atom is -0.493 e. The van der Waals surface area contributed by atoms with Gasteiger partial charge in [-0.1, -0.05) is 12.1 Å². The fraction of sp³-hybridized carbons (Fsp3) is 0.625. The normalized spacial score (nSPS) is 26.3. The molecule has 110 valence electrons. The molecule has 0 saturated carbocycles. The van der Waals surface area contributed by atoms with E-state index in [4.69, 9.17) is 9.47 Å². The predicted molar refractivity (Wildman–Crippen MR) is 79.3 cm³/mol. The molecule has 0 amide bonds. The molecule has 2 aliphatic rings. The van der Waals surface area contributed by atoms with Crippen LogP contribution in [0.5, 0.6) is 11.5 Å². The second-order valence-electron chi connectivity index (χ2n) is 5.81. The van der Waals surface area contributed by atoms with Crippen LogP contribution in [0.2, 0.25) is 0 Å². The lowest BCUT2D eigenvalue weighted by Gasteiger charge is -2.24. The molecule has 2 atom stereocenters. The molecule has 3 rings (SSSR count). The van der Waals surface area contributed by atoms with Gasteiger partial charge in [0.1, 0.15) is 0 Å². The van der Waals surface area contributed by atoms with E-state index in [-0.39, 0.29) is 0 Å². The first-order valence-electron chi connectivity index (χ1n) is 7.47. The smallest absolute Gasteiger partial charge is 0.165 e. The fourth-order valence-electron chi connectivity index (χ4n) is 3.58. The molecule has 2 fully saturated rings. The first kappa shape index (κ1) is 13.7. The monoisotopic (exact) mass is 276 g/mol. The van der Waals surface area contributed by atoms with Crippen LogP contribution in [0.4, 0.5) is 0 Å². The maximum absolute atomic E-state index is 5.53. The van der Waals surface area contributed by atoms with Gasteiger partial charge >= 0.3 is 0 Å². The number of ether oxygens (including phenoxy) is 2. The van der Waals surface area contributed by atoms with Crippen LogP contribution in [-0.2, 0) is 6.54 Å². The lowest BCUT2D eigenvalue weighted by atomic mass is 9.94. The molecule has 0 aromatic heterocycles. The lowest BCUT2D eigenvalue weighted by Crippen LogP contribution is -2.40. The highest BCUT2D eigenvalue weighted by Gasteiger charge is 2.34. The van der Waals surface area contributed by atoms with Crippen molar-refractivity contribution in [3.05, 3.63) is 23.8 Å². The van der Waals surface area contributed by atoms with Crippen molar-refractivity contribution in [2.24, 2.45) is 5.92 Å². The van der Waals surface area contributed by atoms with Gasteiger partial charge in [0.05, 0.1) is 14.2 Å². The Labute approximate surface area is 121 Å². The van der Waals surface area contributed by atoms with Crippen LogP contribution < -0.4 is 14.8 Å². The Balaban J connectivity index is 1.72. The topological polar surface area (TPSA) is 33.7 Å². The Morgan fingerprint density at radius 2 is 2.15 bits per heavy atom. The van der Waals surface area contributed by atoms with Crippen molar-refractivity contribution in [3.8, 4) is 11.5 Å². The number of para-hydroxylation sites is 1. The van der Waals surface area contributed by atoms with Crippen LogP contribution in [0.3, 0.4) is 0 Å². The zero-order valence-corrected chi connectivity index (χ0v) is 12.4. The summed E-state index contributed by atoms with van der Waals surface area (Å²) in [6.45, 7) is 4.45. The number of hydrogen-bond acceptors (Lipinski definition) is 4. The Hall–Kier alpha value is -1.26. The van der Waals surface area contributed by atoms with E-state index < -0.39 is 0 Å². The summed E-state index contributed by atoms with van der Waals surface area (Å²) in [5.74, 6) is 2.51. The second kappa shape index (κ2) is 6.02. The summed E-state index contributed by atoms with van der Waals surface area (Å²) >= 11 is 0. The molecule has 4 heteroatoms. The molecule has 0 unspecified atom stereocenters. The first-order valence-corrected chi connectivity index (χ1v) is 7.47. The average Bonchev–Trinajstić information content (AvgIpc) is 2.89. The van der Waals surface area contributed by atoms with E-state index in [1.807, 2.05) is 12.1 Å². The SMILES string of the molecule is COc1cccc(CN2C[C@@H]3CCCN[C@@H]3C2)c1OC. The minimum atomic E-state index is 0.681. The third-order valence-corrected chi connectivity index (χ3v) is 4.55. The molecule has 1 aromatic rings. The summed E-state index contributed by atoms with van der Waals surface area (Å²) in [6.07, 6.45) is 2.68. The van der Waals surface area contributed by atoms with Crippen LogP contribution in [0.25, 0.3) is 0 Å². The van der Waals surface area contributed by atoms with Crippen LogP contribution in [-0.4, -0.2) is 44.8 Å². The van der Waals surface area contributed by atoms with Gasteiger partial charge in [0.25, 0.3) is 0 Å². The van der Waals surface area contributed by atoms with Crippen molar-refractivity contribution in [2.75, 3.05) is 33.9 Å². The number of hydrogen-bond donors (Lipinski definition) is 1. The van der Waals surface area contributed by atoms with Crippen molar-refractivity contribution in [1.29, 1.82) is 0 Å². The Morgan fingerprint density at radius 1 is 1.25 bits per heavy atom. The highest BCUT2D eigenvalue weighted by atomic mass is 16.5. The predicted octanol–water partition coefficient (Wildman–Crippen LogP) is 1.89. The standard InChI is InChI=1S/C16H24N2O2/c1-19-15-7-3-5-13(16(15)20-2)10-18-9-12-6-4-8-17-14(12)11-18/h3,5,7,12,14,17H,4,6,8-11H2,1-2H3/t12-,14+/m0/s1. The van der Waals surface area contributed by atoms with Crippen molar-refractivity contribution in [1.82, 2.24) is 10.2 Å². The highest BCUT2D eigenvalue weighted by molar-refractivity contribution is 5.46. The van der Waals surface area contributed by atoms with Crippen molar-refractivity contribution in [2.45, 2.75) is 25.4 Å². The van der Waals surface area contributed by atoms with Crippen LogP contribution in [0.15, 0.2) is 18.2 Å². The molecule has 2 aliphatic heterocycles. The minimum absolute atomic E-state index is 0.681. The summed E-state index contributed by atoms with van der Waals surface area (Å²) in [5, 5.41) is 3.65. The Kier molecular flexibility index (Phi) is 4.13. The molecule has 4 nitrogen and oxygen atoms in total. The second-order valence-corrected chi connectivity index (χ2v) is 5.81. The summed E-state index contributed by atoms with van der Waals surface area (Å²) in [7, 11) is 3.41. The largest absolute Gasteiger partial charge is 0.493 e. The molecule has 2 heterocycles. The van der Waals surface area contributed by atoms with Gasteiger partial charge < -0.3 is 14.8 Å². The van der Waals surface area contributed by atoms with E-state index in [2.05, 4.69) is 16.3 Å². The maximum Gasteiger partial charge on any atom is 0.165 e. The van der Waals surface area contributed by atoms with Gasteiger partial charge in [0.2, 0.25) is 0 Å². The molecular weight excluding hydrogens is 252 g/mol. The van der Waals surface area contributed by atoms with Gasteiger partial charge in [-0.2, -0.15) is 0 Å². The molecule has 0 aliphatic carbocycles. The average molecular weight is 276 g/mol. The van der Waals surface area contributed by atoms with E-state index in [1.165, 1.54) is 31.5 Å². The number of fused-ring (bicyclic) bond motifs is 1. The van der Waals surface area contributed by atoms with Gasteiger partial charge in [0.15, 0.2) is 11.5 Å². The van der Waals surface area contributed by atoms with E-state index in [1.54, 1.807) is 14.2 Å². The number of nitrogens with one attached hydrogen (secondary N) is 1. The zero-order valence-electron chi connectivity index (χ0n) is 12.4. The molecule has 20 heavy (non-hydrogen) atoms. The van der Waals surface area contributed by atoms with Gasteiger partial charge in [-0.05, 0) is 31.4 Å². The fourth-order valence-corrected chi connectivity index (χ4v) is 3.58. The van der Waals surface area contributed by atoms with Gasteiger partial charge in [-0.15, -0.1) is 0 Å². The molecule has 0 spiro atoms. The summed E-state index contributed by atoms with van der Waals surface area (Å²) in [5.41, 5.74) is 1.21. The molecule has 0 radical (unpaired) electrons. The number of likely N-dealkylation sites (tertiary alicyclic amines) is 1. The Bertz CT molecular complexity index is 450. The van der Waals surface area contributed by atoms with Crippen molar-refractivity contribution < 1.29 is 9.47 Å². The third-order valence-electron chi connectivity index (χ3n) is 4.55. The first-order chi connectivity index (χ1) is 9.81.